The van der Waals surface area contributed by atoms with Crippen molar-refractivity contribution in [3.05, 3.63) is 0 Å². The van der Waals surface area contributed by atoms with Crippen LogP contribution in [0.25, 0.3) is 0 Å². The predicted octanol–water partition coefficient (Wildman–Crippen LogP) is -1.45. The van der Waals surface area contributed by atoms with Crippen LogP contribution >= 0.6 is 0 Å². The monoisotopic (exact) mass is 219 g/mol. The molecule has 0 aliphatic rings. The Morgan fingerprint density at radius 3 is 1.80 bits per heavy atom. The van der Waals surface area contributed by atoms with Gasteiger partial charge >= 0.3 is 5.97 Å². The van der Waals surface area contributed by atoms with E-state index in [4.69, 9.17) is 16.6 Å². The number of primary amides is 2. The van der Waals surface area contributed by atoms with Crippen molar-refractivity contribution in [3.63, 3.8) is 0 Å². The molecule has 0 fully saturated rings. The lowest BCUT2D eigenvalue weighted by atomic mass is 10.2. The zero-order valence-corrected chi connectivity index (χ0v) is 8.60. The van der Waals surface area contributed by atoms with E-state index in [0.29, 0.717) is 6.42 Å². The third-order valence-corrected chi connectivity index (χ3v) is 1.37. The molecule has 0 saturated heterocycles. The highest BCUT2D eigenvalue weighted by molar-refractivity contribution is 5.77. The number of carbonyl (C=O) groups is 3. The van der Waals surface area contributed by atoms with Crippen LogP contribution in [-0.2, 0) is 14.4 Å². The van der Waals surface area contributed by atoms with Crippen molar-refractivity contribution in [2.24, 2.45) is 17.2 Å². The van der Waals surface area contributed by atoms with Gasteiger partial charge in [-0.1, -0.05) is 6.92 Å². The predicted molar refractivity (Wildman–Crippen MR) is 53.5 cm³/mol. The fourth-order valence-electron chi connectivity index (χ4n) is 0.421. The van der Waals surface area contributed by atoms with Crippen molar-refractivity contribution < 1.29 is 19.5 Å². The van der Waals surface area contributed by atoms with Crippen LogP contribution < -0.4 is 17.2 Å². The Balaban J connectivity index is 0. The van der Waals surface area contributed by atoms with Gasteiger partial charge in [0, 0.05) is 12.8 Å². The number of nitrogens with two attached hydrogens (primary N) is 3. The molecule has 0 aliphatic heterocycles. The van der Waals surface area contributed by atoms with Crippen LogP contribution in [0.1, 0.15) is 26.2 Å². The first kappa shape index (κ1) is 15.8. The SMILES string of the molecule is CCC(N)=O.NC(=O)CC[C@H](N)C(=O)O. The number of hydrogen-bond donors (Lipinski definition) is 4. The molecule has 0 bridgehead atoms. The number of carbonyl (C=O) groups excluding carboxylic acids is 2. The molecule has 2 amide bonds. The van der Waals surface area contributed by atoms with E-state index in [9.17, 15) is 14.4 Å². The van der Waals surface area contributed by atoms with E-state index < -0.39 is 17.9 Å². The summed E-state index contributed by atoms with van der Waals surface area (Å²) in [5.41, 5.74) is 14.5. The van der Waals surface area contributed by atoms with Crippen LogP contribution in [0, 0.1) is 0 Å². The number of aliphatic carboxylic acids is 1. The molecule has 0 rings (SSSR count). The summed E-state index contributed by atoms with van der Waals surface area (Å²) in [4.78, 5) is 29.7. The summed E-state index contributed by atoms with van der Waals surface area (Å²) in [5, 5.41) is 8.22. The minimum atomic E-state index is -1.11. The summed E-state index contributed by atoms with van der Waals surface area (Å²) in [7, 11) is 0. The average molecular weight is 219 g/mol. The van der Waals surface area contributed by atoms with E-state index in [1.165, 1.54) is 0 Å². The third-order valence-electron chi connectivity index (χ3n) is 1.37. The van der Waals surface area contributed by atoms with Gasteiger partial charge < -0.3 is 22.3 Å². The van der Waals surface area contributed by atoms with Crippen molar-refractivity contribution in [1.29, 1.82) is 0 Å². The van der Waals surface area contributed by atoms with Crippen molar-refractivity contribution >= 4 is 17.8 Å². The second-order valence-electron chi connectivity index (χ2n) is 2.77. The number of rotatable bonds is 5. The number of amides is 2. The molecule has 1 atom stereocenters. The molecule has 0 aromatic carbocycles. The molecule has 0 heterocycles. The van der Waals surface area contributed by atoms with Crippen molar-refractivity contribution in [2.45, 2.75) is 32.2 Å². The van der Waals surface area contributed by atoms with Gasteiger partial charge in [-0.2, -0.15) is 0 Å². The zero-order chi connectivity index (χ0) is 12.4. The van der Waals surface area contributed by atoms with E-state index in [-0.39, 0.29) is 18.7 Å². The van der Waals surface area contributed by atoms with E-state index >= 15 is 0 Å². The molecule has 0 radical (unpaired) electrons. The smallest absolute Gasteiger partial charge is 0.320 e. The van der Waals surface area contributed by atoms with Gasteiger partial charge in [0.25, 0.3) is 0 Å². The average Bonchev–Trinajstić information content (AvgIpc) is 2.14. The second kappa shape index (κ2) is 8.95. The lowest BCUT2D eigenvalue weighted by molar-refractivity contribution is -0.138. The maximum Gasteiger partial charge on any atom is 0.320 e. The van der Waals surface area contributed by atoms with Crippen molar-refractivity contribution in [2.75, 3.05) is 0 Å². The van der Waals surface area contributed by atoms with Crippen LogP contribution in [0.3, 0.4) is 0 Å². The first-order chi connectivity index (χ1) is 6.81. The Kier molecular flexibility index (Phi) is 9.44. The molecule has 7 nitrogen and oxygen atoms in total. The Labute approximate surface area is 87.6 Å². The van der Waals surface area contributed by atoms with E-state index in [0.717, 1.165) is 0 Å². The molecule has 0 spiro atoms. The first-order valence-corrected chi connectivity index (χ1v) is 4.36. The number of hydrogen-bond acceptors (Lipinski definition) is 4. The molecule has 0 aromatic heterocycles. The Morgan fingerprint density at radius 1 is 1.20 bits per heavy atom. The van der Waals surface area contributed by atoms with Gasteiger partial charge in [-0.3, -0.25) is 14.4 Å². The number of carboxylic acids is 1. The molecule has 0 aliphatic carbocycles. The summed E-state index contributed by atoms with van der Waals surface area (Å²) in [6, 6.07) is -0.979. The van der Waals surface area contributed by atoms with Crippen molar-refractivity contribution in [1.82, 2.24) is 0 Å². The van der Waals surface area contributed by atoms with E-state index in [1.807, 2.05) is 0 Å². The molecule has 0 unspecified atom stereocenters. The standard InChI is InChI=1S/C5H10N2O3.C3H7NO/c6-3(5(9)10)1-2-4(7)8;1-2-3(4)5/h3H,1-2,6H2,(H2,7,8)(H,9,10);2H2,1H3,(H2,4,5)/t3-;/m0./s1. The Morgan fingerprint density at radius 2 is 1.60 bits per heavy atom. The maximum atomic E-state index is 10.1. The quantitative estimate of drug-likeness (QED) is 0.446. The van der Waals surface area contributed by atoms with Gasteiger partial charge in [-0.25, -0.2) is 0 Å². The Bertz CT molecular complexity index is 230. The minimum absolute atomic E-state index is 0.0213. The summed E-state index contributed by atoms with van der Waals surface area (Å²) in [5.74, 6) is -1.89. The lowest BCUT2D eigenvalue weighted by Crippen LogP contribution is -2.31. The van der Waals surface area contributed by atoms with Crippen LogP contribution in [0.2, 0.25) is 0 Å². The van der Waals surface area contributed by atoms with Crippen LogP contribution in [-0.4, -0.2) is 28.9 Å². The summed E-state index contributed by atoms with van der Waals surface area (Å²) < 4.78 is 0. The minimum Gasteiger partial charge on any atom is -0.480 e. The molecular weight excluding hydrogens is 202 g/mol. The van der Waals surface area contributed by atoms with Gasteiger partial charge in [-0.05, 0) is 6.42 Å². The van der Waals surface area contributed by atoms with E-state index in [2.05, 4.69) is 5.73 Å². The largest absolute Gasteiger partial charge is 0.480 e. The van der Waals surface area contributed by atoms with Gasteiger partial charge in [0.05, 0.1) is 0 Å². The van der Waals surface area contributed by atoms with Gasteiger partial charge in [0.2, 0.25) is 11.8 Å². The molecular formula is C8H17N3O4. The number of carboxylic acid groups (broad SMARTS) is 1. The molecule has 88 valence electrons. The third kappa shape index (κ3) is 15.2. The van der Waals surface area contributed by atoms with Crippen LogP contribution in [0.4, 0.5) is 0 Å². The lowest BCUT2D eigenvalue weighted by Gasteiger charge is -2.01. The Hall–Kier alpha value is -1.63. The van der Waals surface area contributed by atoms with Crippen LogP contribution in [0.15, 0.2) is 0 Å². The fourth-order valence-corrected chi connectivity index (χ4v) is 0.421. The topological polar surface area (TPSA) is 150 Å². The van der Waals surface area contributed by atoms with Crippen molar-refractivity contribution in [3.8, 4) is 0 Å². The molecule has 15 heavy (non-hydrogen) atoms. The highest BCUT2D eigenvalue weighted by Crippen LogP contribution is 1.92. The summed E-state index contributed by atoms with van der Waals surface area (Å²) >= 11 is 0. The van der Waals surface area contributed by atoms with Gasteiger partial charge in [0.1, 0.15) is 6.04 Å². The summed E-state index contributed by atoms with van der Waals surface area (Å²) in [6.07, 6.45) is 0.568. The molecule has 7 heteroatoms. The van der Waals surface area contributed by atoms with Gasteiger partial charge in [0.15, 0.2) is 0 Å². The molecule has 0 saturated carbocycles. The maximum absolute atomic E-state index is 10.1. The van der Waals surface area contributed by atoms with Gasteiger partial charge in [-0.15, -0.1) is 0 Å². The highest BCUT2D eigenvalue weighted by atomic mass is 16.4. The fraction of sp³-hybridized carbons (Fsp3) is 0.625. The first-order valence-electron chi connectivity index (χ1n) is 4.36. The van der Waals surface area contributed by atoms with E-state index in [1.54, 1.807) is 6.92 Å². The zero-order valence-electron chi connectivity index (χ0n) is 8.60. The normalized spacial score (nSPS) is 10.8. The summed E-state index contributed by atoms with van der Waals surface area (Å²) in [6.45, 7) is 1.72. The second-order valence-corrected chi connectivity index (χ2v) is 2.77. The molecule has 0 aromatic rings. The molecule has 7 N–H and O–H groups in total. The van der Waals surface area contributed by atoms with Crippen LogP contribution in [0.5, 0.6) is 0 Å². The highest BCUT2D eigenvalue weighted by Gasteiger charge is 2.11.